The lowest BCUT2D eigenvalue weighted by molar-refractivity contribution is -0.00000493. The highest BCUT2D eigenvalue weighted by molar-refractivity contribution is 7.98. The van der Waals surface area contributed by atoms with Crippen LogP contribution in [0.25, 0.3) is 0 Å². The Balaban J connectivity index is 0.00000192. The van der Waals surface area contributed by atoms with E-state index in [2.05, 4.69) is 10.3 Å². The van der Waals surface area contributed by atoms with Crippen molar-refractivity contribution in [3.8, 4) is 0 Å². The topological polar surface area (TPSA) is 24.4 Å². The van der Waals surface area contributed by atoms with Gasteiger partial charge < -0.3 is 22.3 Å². The van der Waals surface area contributed by atoms with Crippen LogP contribution >= 0.6 is 23.4 Å². The summed E-state index contributed by atoms with van der Waals surface area (Å²) in [6, 6.07) is 12.8. The van der Waals surface area contributed by atoms with Crippen LogP contribution in [0.1, 0.15) is 17.5 Å². The van der Waals surface area contributed by atoms with Crippen molar-refractivity contribution in [2.75, 3.05) is 13.1 Å². The standard InChI is InChI=1S/C17H16ClFN2S.BrH/c18-14-6-3-7-15(19)13(14)11-22-16-8-2-1-5-12(16)17-20-9-4-10-21-17;/h1-3,5-8H,4,9-11H2,(H,20,21);1H/p-1. The lowest BCUT2D eigenvalue weighted by Crippen LogP contribution is -3.00. The lowest BCUT2D eigenvalue weighted by Gasteiger charge is -2.17. The van der Waals surface area contributed by atoms with Crippen LogP contribution in [-0.4, -0.2) is 18.9 Å². The molecule has 1 N–H and O–H groups in total. The van der Waals surface area contributed by atoms with Gasteiger partial charge in [0.2, 0.25) is 0 Å². The first-order valence-corrected chi connectivity index (χ1v) is 8.55. The number of amidine groups is 1. The Morgan fingerprint density at radius 1 is 1.17 bits per heavy atom. The molecule has 0 amide bonds. The van der Waals surface area contributed by atoms with E-state index < -0.39 is 0 Å². The molecule has 3 rings (SSSR count). The molecule has 0 saturated carbocycles. The molecule has 0 aliphatic carbocycles. The Morgan fingerprint density at radius 3 is 2.74 bits per heavy atom. The summed E-state index contributed by atoms with van der Waals surface area (Å²) in [6.07, 6.45) is 1.06. The molecule has 0 spiro atoms. The van der Waals surface area contributed by atoms with Crippen molar-refractivity contribution < 1.29 is 21.4 Å². The van der Waals surface area contributed by atoms with Crippen LogP contribution in [0.2, 0.25) is 5.02 Å². The molecule has 0 saturated heterocycles. The molecular weight excluding hydrogens is 399 g/mol. The van der Waals surface area contributed by atoms with Gasteiger partial charge in [-0.15, -0.1) is 11.8 Å². The van der Waals surface area contributed by atoms with Gasteiger partial charge >= 0.3 is 0 Å². The number of halogens is 3. The molecule has 2 aromatic carbocycles. The Kier molecular flexibility index (Phi) is 6.93. The van der Waals surface area contributed by atoms with Crippen molar-refractivity contribution in [2.24, 2.45) is 4.99 Å². The predicted molar refractivity (Wildman–Crippen MR) is 91.4 cm³/mol. The van der Waals surface area contributed by atoms with Crippen LogP contribution in [-0.2, 0) is 5.75 Å². The molecule has 0 aromatic heterocycles. The van der Waals surface area contributed by atoms with Crippen LogP contribution in [0.4, 0.5) is 4.39 Å². The fraction of sp³-hybridized carbons (Fsp3) is 0.235. The Labute approximate surface area is 155 Å². The molecule has 0 unspecified atom stereocenters. The summed E-state index contributed by atoms with van der Waals surface area (Å²) >= 11 is 7.67. The third kappa shape index (κ3) is 4.49. The maximum absolute atomic E-state index is 13.9. The maximum Gasteiger partial charge on any atom is 0.129 e. The van der Waals surface area contributed by atoms with E-state index in [0.717, 1.165) is 35.8 Å². The molecule has 6 heteroatoms. The van der Waals surface area contributed by atoms with Crippen molar-refractivity contribution in [3.05, 3.63) is 64.4 Å². The van der Waals surface area contributed by atoms with E-state index in [0.29, 0.717) is 16.3 Å². The van der Waals surface area contributed by atoms with Gasteiger partial charge in [0.15, 0.2) is 0 Å². The quantitative estimate of drug-likeness (QED) is 0.767. The Bertz CT molecular complexity index is 688. The van der Waals surface area contributed by atoms with E-state index in [1.54, 1.807) is 23.9 Å². The van der Waals surface area contributed by atoms with Gasteiger partial charge in [-0.2, -0.15) is 0 Å². The average molecular weight is 415 g/mol. The summed E-state index contributed by atoms with van der Waals surface area (Å²) in [5.74, 6) is 1.16. The summed E-state index contributed by atoms with van der Waals surface area (Å²) in [6.45, 7) is 1.79. The van der Waals surface area contributed by atoms with Crippen LogP contribution in [0, 0.1) is 5.82 Å². The molecule has 1 aliphatic rings. The molecule has 2 aromatic rings. The molecule has 0 radical (unpaired) electrons. The number of thioether (sulfide) groups is 1. The first-order valence-electron chi connectivity index (χ1n) is 7.19. The number of nitrogens with one attached hydrogen (secondary N) is 1. The molecule has 1 aliphatic heterocycles. The van der Waals surface area contributed by atoms with Crippen LogP contribution in [0.3, 0.4) is 0 Å². The van der Waals surface area contributed by atoms with Gasteiger partial charge in [-0.1, -0.05) is 35.9 Å². The molecule has 122 valence electrons. The van der Waals surface area contributed by atoms with Gasteiger partial charge in [0.05, 0.1) is 0 Å². The first-order chi connectivity index (χ1) is 10.8. The third-order valence-electron chi connectivity index (χ3n) is 3.47. The molecule has 0 fully saturated rings. The lowest BCUT2D eigenvalue weighted by atomic mass is 10.2. The van der Waals surface area contributed by atoms with Crippen LogP contribution < -0.4 is 22.3 Å². The first kappa shape index (κ1) is 18.3. The highest BCUT2D eigenvalue weighted by Gasteiger charge is 2.13. The smallest absolute Gasteiger partial charge is 0.129 e. The Morgan fingerprint density at radius 2 is 2.00 bits per heavy atom. The van der Waals surface area contributed by atoms with E-state index in [-0.39, 0.29) is 22.8 Å². The van der Waals surface area contributed by atoms with Crippen molar-refractivity contribution in [1.82, 2.24) is 5.32 Å². The minimum atomic E-state index is -0.259. The van der Waals surface area contributed by atoms with Crippen molar-refractivity contribution in [2.45, 2.75) is 17.1 Å². The van der Waals surface area contributed by atoms with Gasteiger partial charge in [-0.3, -0.25) is 4.99 Å². The number of rotatable bonds is 4. The second kappa shape index (κ2) is 8.71. The second-order valence-corrected chi connectivity index (χ2v) is 6.42. The summed E-state index contributed by atoms with van der Waals surface area (Å²) < 4.78 is 13.9. The summed E-state index contributed by atoms with van der Waals surface area (Å²) in [4.78, 5) is 5.62. The SMILES string of the molecule is Fc1cccc(Cl)c1CSc1ccccc1C1=NCCCN1.[Br-]. The maximum atomic E-state index is 13.9. The fourth-order valence-corrected chi connectivity index (χ4v) is 3.72. The van der Waals surface area contributed by atoms with E-state index in [1.807, 2.05) is 24.3 Å². The number of nitrogens with zero attached hydrogens (tertiary/aromatic N) is 1. The van der Waals surface area contributed by atoms with Crippen molar-refractivity contribution in [3.63, 3.8) is 0 Å². The highest BCUT2D eigenvalue weighted by atomic mass is 79.9. The minimum absolute atomic E-state index is 0. The van der Waals surface area contributed by atoms with Gasteiger partial charge in [-0.25, -0.2) is 4.39 Å². The molecule has 1 heterocycles. The van der Waals surface area contributed by atoms with Gasteiger partial charge in [0.1, 0.15) is 11.7 Å². The van der Waals surface area contributed by atoms with E-state index in [9.17, 15) is 4.39 Å². The molecule has 2 nitrogen and oxygen atoms in total. The monoisotopic (exact) mass is 413 g/mol. The van der Waals surface area contributed by atoms with Gasteiger partial charge in [0.25, 0.3) is 0 Å². The van der Waals surface area contributed by atoms with Gasteiger partial charge in [-0.05, 0) is 24.6 Å². The van der Waals surface area contributed by atoms with Crippen molar-refractivity contribution >= 4 is 29.2 Å². The summed E-state index contributed by atoms with van der Waals surface area (Å²) in [5.41, 5.74) is 1.61. The van der Waals surface area contributed by atoms with Crippen LogP contribution in [0.15, 0.2) is 52.4 Å². The number of aliphatic imine (C=N–C) groups is 1. The second-order valence-electron chi connectivity index (χ2n) is 5.00. The number of benzene rings is 2. The third-order valence-corrected chi connectivity index (χ3v) is 4.93. The van der Waals surface area contributed by atoms with E-state index in [4.69, 9.17) is 11.6 Å². The number of hydrogen-bond acceptors (Lipinski definition) is 3. The zero-order valence-corrected chi connectivity index (χ0v) is 15.5. The van der Waals surface area contributed by atoms with Crippen LogP contribution in [0.5, 0.6) is 0 Å². The number of hydrogen-bond donors (Lipinski definition) is 1. The fourth-order valence-electron chi connectivity index (χ4n) is 2.32. The predicted octanol–water partition coefficient (Wildman–Crippen LogP) is 1.52. The van der Waals surface area contributed by atoms with Gasteiger partial charge in [0, 0.05) is 39.9 Å². The minimum Gasteiger partial charge on any atom is -1.00 e. The molecular formula is C17H16BrClFN2S-. The normalized spacial score (nSPS) is 13.7. The summed E-state index contributed by atoms with van der Waals surface area (Å²) in [7, 11) is 0. The average Bonchev–Trinajstić information content (AvgIpc) is 2.56. The molecule has 0 bridgehead atoms. The van der Waals surface area contributed by atoms with E-state index in [1.165, 1.54) is 6.07 Å². The molecule has 0 atom stereocenters. The molecule has 23 heavy (non-hydrogen) atoms. The zero-order chi connectivity index (χ0) is 15.4. The van der Waals surface area contributed by atoms with E-state index >= 15 is 0 Å². The zero-order valence-electron chi connectivity index (χ0n) is 12.4. The largest absolute Gasteiger partial charge is 1.00 e. The highest BCUT2D eigenvalue weighted by Crippen LogP contribution is 2.30. The van der Waals surface area contributed by atoms with Crippen molar-refractivity contribution in [1.29, 1.82) is 0 Å². The summed E-state index contributed by atoms with van der Waals surface area (Å²) in [5, 5.41) is 3.80. The Hall–Kier alpha value is -1.04.